The van der Waals surface area contributed by atoms with Crippen LogP contribution in [0.3, 0.4) is 0 Å². The summed E-state index contributed by atoms with van der Waals surface area (Å²) in [5.41, 5.74) is 0. The van der Waals surface area contributed by atoms with Gasteiger partial charge in [0.25, 0.3) is 0 Å². The van der Waals surface area contributed by atoms with E-state index < -0.39 is 0 Å². The Balaban J connectivity index is 3.09. The van der Waals surface area contributed by atoms with Gasteiger partial charge >= 0.3 is 0 Å². The van der Waals surface area contributed by atoms with Gasteiger partial charge in [0.15, 0.2) is 0 Å². The van der Waals surface area contributed by atoms with Gasteiger partial charge in [-0.2, -0.15) is 0 Å². The lowest BCUT2D eigenvalue weighted by Gasteiger charge is -1.92. The molecule has 0 aromatic heterocycles. The first kappa shape index (κ1) is 8.21. The molecule has 0 aromatic carbocycles. The molecule has 2 heteroatoms. The standard InChI is InChI=1S/C7H13NO/c1-3-4-5-6-8-7(2)9/h4-5H,3,6H2,1-2H3,(H,8,9)/b5-4-. The smallest absolute Gasteiger partial charge is 0.217 e. The third-order valence-corrected chi connectivity index (χ3v) is 0.871. The summed E-state index contributed by atoms with van der Waals surface area (Å²) in [7, 11) is 0. The number of amides is 1. The zero-order valence-electron chi connectivity index (χ0n) is 5.98. The summed E-state index contributed by atoms with van der Waals surface area (Å²) in [5, 5.41) is 2.65. The molecule has 0 radical (unpaired) electrons. The van der Waals surface area contributed by atoms with Crippen molar-refractivity contribution < 1.29 is 4.79 Å². The molecule has 9 heavy (non-hydrogen) atoms. The average molecular weight is 127 g/mol. The molecule has 1 amide bonds. The highest BCUT2D eigenvalue weighted by Gasteiger charge is 1.82. The van der Waals surface area contributed by atoms with Crippen LogP contribution in [0.5, 0.6) is 0 Å². The SMILES string of the molecule is CC/C=C\CNC(C)=O. The second-order valence-corrected chi connectivity index (χ2v) is 1.82. The van der Waals surface area contributed by atoms with E-state index in [4.69, 9.17) is 0 Å². The molecule has 0 bridgehead atoms. The second kappa shape index (κ2) is 5.35. The third-order valence-electron chi connectivity index (χ3n) is 0.871. The molecule has 0 aliphatic carbocycles. The third kappa shape index (κ3) is 7.21. The molecule has 0 aromatic rings. The van der Waals surface area contributed by atoms with Gasteiger partial charge in [0.1, 0.15) is 0 Å². The first-order chi connectivity index (χ1) is 4.27. The Morgan fingerprint density at radius 2 is 2.22 bits per heavy atom. The maximum Gasteiger partial charge on any atom is 0.217 e. The van der Waals surface area contributed by atoms with Crippen molar-refractivity contribution in [3.05, 3.63) is 12.2 Å². The van der Waals surface area contributed by atoms with Crippen molar-refractivity contribution in [2.75, 3.05) is 6.54 Å². The van der Waals surface area contributed by atoms with Crippen LogP contribution >= 0.6 is 0 Å². The molecule has 0 saturated heterocycles. The lowest BCUT2D eigenvalue weighted by molar-refractivity contribution is -0.118. The summed E-state index contributed by atoms with van der Waals surface area (Å²) in [6.07, 6.45) is 5.00. The van der Waals surface area contributed by atoms with Crippen molar-refractivity contribution in [2.24, 2.45) is 0 Å². The summed E-state index contributed by atoms with van der Waals surface area (Å²) in [6.45, 7) is 4.23. The highest BCUT2D eigenvalue weighted by atomic mass is 16.1. The summed E-state index contributed by atoms with van der Waals surface area (Å²) in [4.78, 5) is 10.3. The lowest BCUT2D eigenvalue weighted by Crippen LogP contribution is -2.19. The number of rotatable bonds is 3. The van der Waals surface area contributed by atoms with Gasteiger partial charge in [-0.15, -0.1) is 0 Å². The Morgan fingerprint density at radius 1 is 1.56 bits per heavy atom. The van der Waals surface area contributed by atoms with E-state index >= 15 is 0 Å². The van der Waals surface area contributed by atoms with E-state index in [0.29, 0.717) is 6.54 Å². The largest absolute Gasteiger partial charge is 0.353 e. The van der Waals surface area contributed by atoms with Crippen LogP contribution in [0.25, 0.3) is 0 Å². The second-order valence-electron chi connectivity index (χ2n) is 1.82. The molecule has 0 fully saturated rings. The summed E-state index contributed by atoms with van der Waals surface area (Å²) in [5.74, 6) is 0.0238. The lowest BCUT2D eigenvalue weighted by atomic mass is 10.4. The number of hydrogen-bond donors (Lipinski definition) is 1. The van der Waals surface area contributed by atoms with E-state index in [-0.39, 0.29) is 5.91 Å². The van der Waals surface area contributed by atoms with Crippen LogP contribution in [0.2, 0.25) is 0 Å². The molecule has 1 N–H and O–H groups in total. The number of carbonyl (C=O) groups is 1. The fraction of sp³-hybridized carbons (Fsp3) is 0.571. The quantitative estimate of drug-likeness (QED) is 0.565. The number of allylic oxidation sites excluding steroid dienone is 1. The van der Waals surface area contributed by atoms with E-state index in [2.05, 4.69) is 12.2 Å². The van der Waals surface area contributed by atoms with Crippen LogP contribution in [0.1, 0.15) is 20.3 Å². The van der Waals surface area contributed by atoms with Crippen LogP contribution in [0.15, 0.2) is 12.2 Å². The molecule has 0 saturated carbocycles. The zero-order valence-corrected chi connectivity index (χ0v) is 5.98. The number of carbonyl (C=O) groups excluding carboxylic acids is 1. The zero-order chi connectivity index (χ0) is 7.11. The Morgan fingerprint density at radius 3 is 2.67 bits per heavy atom. The molecule has 0 heterocycles. The Bertz CT molecular complexity index is 107. The van der Waals surface area contributed by atoms with Crippen LogP contribution in [0.4, 0.5) is 0 Å². The first-order valence-electron chi connectivity index (χ1n) is 3.16. The predicted molar refractivity (Wildman–Crippen MR) is 38.1 cm³/mol. The minimum absolute atomic E-state index is 0.0238. The van der Waals surface area contributed by atoms with Gasteiger partial charge in [0.2, 0.25) is 5.91 Å². The highest BCUT2D eigenvalue weighted by Crippen LogP contribution is 1.76. The van der Waals surface area contributed by atoms with E-state index in [9.17, 15) is 4.79 Å². The molecule has 52 valence electrons. The molecular formula is C7H13NO. The van der Waals surface area contributed by atoms with Gasteiger partial charge < -0.3 is 5.32 Å². The van der Waals surface area contributed by atoms with Crippen LogP contribution in [0, 0.1) is 0 Å². The van der Waals surface area contributed by atoms with Gasteiger partial charge in [0, 0.05) is 13.5 Å². The molecule has 0 aliphatic heterocycles. The van der Waals surface area contributed by atoms with Crippen LogP contribution in [-0.4, -0.2) is 12.5 Å². The molecular weight excluding hydrogens is 114 g/mol. The molecule has 0 aliphatic rings. The topological polar surface area (TPSA) is 29.1 Å². The van der Waals surface area contributed by atoms with Gasteiger partial charge in [-0.3, -0.25) is 4.79 Å². The van der Waals surface area contributed by atoms with E-state index in [1.807, 2.05) is 12.2 Å². The monoisotopic (exact) mass is 127 g/mol. The average Bonchev–Trinajstić information content (AvgIpc) is 1.80. The predicted octanol–water partition coefficient (Wildman–Crippen LogP) is 1.09. The summed E-state index contributed by atoms with van der Waals surface area (Å²) >= 11 is 0. The van der Waals surface area contributed by atoms with Crippen molar-refractivity contribution >= 4 is 5.91 Å². The number of nitrogens with one attached hydrogen (secondary N) is 1. The molecule has 0 atom stereocenters. The normalized spacial score (nSPS) is 10.0. The van der Waals surface area contributed by atoms with E-state index in [0.717, 1.165) is 6.42 Å². The molecule has 0 rings (SSSR count). The van der Waals surface area contributed by atoms with Crippen molar-refractivity contribution in [3.8, 4) is 0 Å². The van der Waals surface area contributed by atoms with E-state index in [1.165, 1.54) is 6.92 Å². The van der Waals surface area contributed by atoms with Gasteiger partial charge in [0.05, 0.1) is 0 Å². The summed E-state index contributed by atoms with van der Waals surface area (Å²) < 4.78 is 0. The van der Waals surface area contributed by atoms with Crippen LogP contribution in [-0.2, 0) is 4.79 Å². The minimum atomic E-state index is 0.0238. The van der Waals surface area contributed by atoms with E-state index in [1.54, 1.807) is 0 Å². The highest BCUT2D eigenvalue weighted by molar-refractivity contribution is 5.72. The molecule has 2 nitrogen and oxygen atoms in total. The molecule has 0 unspecified atom stereocenters. The van der Waals surface area contributed by atoms with Gasteiger partial charge in [-0.1, -0.05) is 19.1 Å². The van der Waals surface area contributed by atoms with Crippen molar-refractivity contribution in [2.45, 2.75) is 20.3 Å². The maximum atomic E-state index is 10.3. The summed E-state index contributed by atoms with van der Waals surface area (Å²) in [6, 6.07) is 0. The van der Waals surface area contributed by atoms with Crippen molar-refractivity contribution in [1.29, 1.82) is 0 Å². The maximum absolute atomic E-state index is 10.3. The Kier molecular flexibility index (Phi) is 4.88. The van der Waals surface area contributed by atoms with Crippen molar-refractivity contribution in [3.63, 3.8) is 0 Å². The fourth-order valence-corrected chi connectivity index (χ4v) is 0.453. The first-order valence-corrected chi connectivity index (χ1v) is 3.16. The fourth-order valence-electron chi connectivity index (χ4n) is 0.453. The minimum Gasteiger partial charge on any atom is -0.353 e. The molecule has 0 spiro atoms. The Hall–Kier alpha value is -0.790. The van der Waals surface area contributed by atoms with Gasteiger partial charge in [-0.05, 0) is 6.42 Å². The number of hydrogen-bond acceptors (Lipinski definition) is 1. The van der Waals surface area contributed by atoms with Crippen molar-refractivity contribution in [1.82, 2.24) is 5.32 Å². The Labute approximate surface area is 56.0 Å². The van der Waals surface area contributed by atoms with Gasteiger partial charge in [-0.25, -0.2) is 0 Å². The van der Waals surface area contributed by atoms with Crippen LogP contribution < -0.4 is 5.32 Å².